The maximum Gasteiger partial charge on any atom is 0.123 e. The lowest BCUT2D eigenvalue weighted by Gasteiger charge is -2.10. The van der Waals surface area contributed by atoms with Crippen LogP contribution in [0.4, 0.5) is 4.39 Å². The summed E-state index contributed by atoms with van der Waals surface area (Å²) in [6.07, 6.45) is 0.640. The van der Waals surface area contributed by atoms with E-state index in [0.29, 0.717) is 6.42 Å². The van der Waals surface area contributed by atoms with Crippen molar-refractivity contribution >= 4 is 11.3 Å². The molecule has 0 fully saturated rings. The number of aromatic nitrogens is 1. The molecule has 2 nitrogen and oxygen atoms in total. The van der Waals surface area contributed by atoms with E-state index in [4.69, 9.17) is 5.73 Å². The Labute approximate surface area is 97.9 Å². The van der Waals surface area contributed by atoms with Gasteiger partial charge in [-0.05, 0) is 31.0 Å². The summed E-state index contributed by atoms with van der Waals surface area (Å²) in [5.74, 6) is -0.217. The summed E-state index contributed by atoms with van der Waals surface area (Å²) in [5, 5.41) is 0. The van der Waals surface area contributed by atoms with E-state index in [-0.39, 0.29) is 11.9 Å². The van der Waals surface area contributed by atoms with Crippen LogP contribution in [0.3, 0.4) is 0 Å². The van der Waals surface area contributed by atoms with Crippen LogP contribution in [0.1, 0.15) is 22.2 Å². The zero-order valence-corrected chi connectivity index (χ0v) is 9.80. The highest BCUT2D eigenvalue weighted by Crippen LogP contribution is 2.23. The molecule has 0 spiro atoms. The fourth-order valence-electron chi connectivity index (χ4n) is 1.68. The Morgan fingerprint density at radius 3 is 2.94 bits per heavy atom. The second-order valence-corrected chi connectivity index (χ2v) is 4.63. The van der Waals surface area contributed by atoms with Gasteiger partial charge in [-0.15, -0.1) is 11.3 Å². The molecule has 0 bridgehead atoms. The van der Waals surface area contributed by atoms with E-state index in [9.17, 15) is 4.39 Å². The molecule has 2 aromatic rings. The summed E-state index contributed by atoms with van der Waals surface area (Å²) in [4.78, 5) is 5.23. The van der Waals surface area contributed by atoms with Crippen LogP contribution in [0.15, 0.2) is 29.8 Å². The topological polar surface area (TPSA) is 38.9 Å². The number of hydrogen-bond acceptors (Lipinski definition) is 3. The number of halogens is 1. The standard InChI is InChI=1S/C12H13FN2S/c1-8-12(16-7-15-8)11(14)6-9-3-2-4-10(13)5-9/h2-5,7,11H,6,14H2,1H3. The van der Waals surface area contributed by atoms with Crippen LogP contribution < -0.4 is 5.73 Å². The van der Waals surface area contributed by atoms with Crippen LogP contribution in [-0.2, 0) is 6.42 Å². The Morgan fingerprint density at radius 2 is 2.31 bits per heavy atom. The van der Waals surface area contributed by atoms with Gasteiger partial charge in [0.1, 0.15) is 5.82 Å². The molecule has 1 aromatic heterocycles. The summed E-state index contributed by atoms with van der Waals surface area (Å²) in [7, 11) is 0. The zero-order valence-electron chi connectivity index (χ0n) is 8.98. The van der Waals surface area contributed by atoms with E-state index in [1.54, 1.807) is 22.9 Å². The normalized spacial score (nSPS) is 12.7. The Balaban J connectivity index is 2.14. The van der Waals surface area contributed by atoms with E-state index in [1.165, 1.54) is 12.1 Å². The number of benzene rings is 1. The average Bonchev–Trinajstić information content (AvgIpc) is 2.64. The van der Waals surface area contributed by atoms with Crippen molar-refractivity contribution in [2.24, 2.45) is 5.73 Å². The Morgan fingerprint density at radius 1 is 1.50 bits per heavy atom. The van der Waals surface area contributed by atoms with Gasteiger partial charge in [-0.2, -0.15) is 0 Å². The van der Waals surface area contributed by atoms with Crippen molar-refractivity contribution in [1.29, 1.82) is 0 Å². The predicted molar refractivity (Wildman–Crippen MR) is 63.9 cm³/mol. The second kappa shape index (κ2) is 4.72. The van der Waals surface area contributed by atoms with Gasteiger partial charge in [0.05, 0.1) is 11.2 Å². The molecule has 1 aromatic carbocycles. The number of hydrogen-bond donors (Lipinski definition) is 1. The molecule has 0 aliphatic carbocycles. The summed E-state index contributed by atoms with van der Waals surface area (Å²) in [6, 6.07) is 6.45. The molecule has 1 unspecified atom stereocenters. The second-order valence-electron chi connectivity index (χ2n) is 3.74. The fraction of sp³-hybridized carbons (Fsp3) is 0.250. The molecule has 0 saturated carbocycles. The lowest BCUT2D eigenvalue weighted by molar-refractivity contribution is 0.622. The number of thiazole rings is 1. The average molecular weight is 236 g/mol. The smallest absolute Gasteiger partial charge is 0.123 e. The predicted octanol–water partition coefficient (Wildman–Crippen LogP) is 2.83. The van der Waals surface area contributed by atoms with Gasteiger partial charge in [0, 0.05) is 10.9 Å². The highest BCUT2D eigenvalue weighted by molar-refractivity contribution is 7.09. The van der Waals surface area contributed by atoms with Crippen LogP contribution in [0.25, 0.3) is 0 Å². The maximum absolute atomic E-state index is 13.0. The van der Waals surface area contributed by atoms with Crippen LogP contribution in [0.5, 0.6) is 0 Å². The van der Waals surface area contributed by atoms with Crippen molar-refractivity contribution in [2.75, 3.05) is 0 Å². The van der Waals surface area contributed by atoms with Crippen LogP contribution in [0.2, 0.25) is 0 Å². The minimum absolute atomic E-state index is 0.103. The van der Waals surface area contributed by atoms with E-state index in [0.717, 1.165) is 16.1 Å². The van der Waals surface area contributed by atoms with Crippen molar-refractivity contribution < 1.29 is 4.39 Å². The van der Waals surface area contributed by atoms with E-state index in [1.807, 2.05) is 13.0 Å². The van der Waals surface area contributed by atoms with Gasteiger partial charge in [-0.3, -0.25) is 0 Å². The van der Waals surface area contributed by atoms with Crippen LogP contribution >= 0.6 is 11.3 Å². The first-order chi connectivity index (χ1) is 7.66. The van der Waals surface area contributed by atoms with Crippen molar-refractivity contribution in [3.05, 3.63) is 51.7 Å². The van der Waals surface area contributed by atoms with E-state index < -0.39 is 0 Å². The molecule has 0 radical (unpaired) electrons. The summed E-state index contributed by atoms with van der Waals surface area (Å²) in [5.41, 5.74) is 9.74. The molecule has 2 N–H and O–H groups in total. The SMILES string of the molecule is Cc1ncsc1C(N)Cc1cccc(F)c1. The van der Waals surface area contributed by atoms with Crippen LogP contribution in [-0.4, -0.2) is 4.98 Å². The molecule has 2 rings (SSSR count). The lowest BCUT2D eigenvalue weighted by Crippen LogP contribution is -2.13. The largest absolute Gasteiger partial charge is 0.323 e. The molecule has 1 heterocycles. The molecule has 4 heteroatoms. The number of nitrogens with two attached hydrogens (primary N) is 1. The van der Waals surface area contributed by atoms with Gasteiger partial charge in [0.15, 0.2) is 0 Å². The van der Waals surface area contributed by atoms with Crippen LogP contribution in [0, 0.1) is 12.7 Å². The van der Waals surface area contributed by atoms with Gasteiger partial charge in [0.25, 0.3) is 0 Å². The third-order valence-electron chi connectivity index (χ3n) is 2.46. The van der Waals surface area contributed by atoms with Gasteiger partial charge >= 0.3 is 0 Å². The minimum Gasteiger partial charge on any atom is -0.323 e. The molecule has 0 saturated heterocycles. The molecule has 84 valence electrons. The fourth-order valence-corrected chi connectivity index (χ4v) is 2.48. The van der Waals surface area contributed by atoms with Gasteiger partial charge in [0.2, 0.25) is 0 Å². The molecule has 0 aliphatic rings. The first-order valence-electron chi connectivity index (χ1n) is 5.07. The highest BCUT2D eigenvalue weighted by Gasteiger charge is 2.12. The molecule has 16 heavy (non-hydrogen) atoms. The first kappa shape index (κ1) is 11.2. The quantitative estimate of drug-likeness (QED) is 0.890. The number of nitrogens with zero attached hydrogens (tertiary/aromatic N) is 1. The Kier molecular flexibility index (Phi) is 3.31. The van der Waals surface area contributed by atoms with Gasteiger partial charge in [-0.25, -0.2) is 9.37 Å². The number of aryl methyl sites for hydroxylation is 1. The molecule has 0 amide bonds. The minimum atomic E-state index is -0.217. The highest BCUT2D eigenvalue weighted by atomic mass is 32.1. The summed E-state index contributed by atoms with van der Waals surface area (Å²) < 4.78 is 13.0. The van der Waals surface area contributed by atoms with E-state index in [2.05, 4.69) is 4.98 Å². The zero-order chi connectivity index (χ0) is 11.5. The Hall–Kier alpha value is -1.26. The third kappa shape index (κ3) is 2.46. The Bertz CT molecular complexity index is 481. The van der Waals surface area contributed by atoms with Crippen molar-refractivity contribution in [3.8, 4) is 0 Å². The van der Waals surface area contributed by atoms with Gasteiger partial charge < -0.3 is 5.73 Å². The maximum atomic E-state index is 13.0. The summed E-state index contributed by atoms with van der Waals surface area (Å²) in [6.45, 7) is 1.94. The lowest BCUT2D eigenvalue weighted by atomic mass is 10.0. The molecular formula is C12H13FN2S. The van der Waals surface area contributed by atoms with Crippen molar-refractivity contribution in [2.45, 2.75) is 19.4 Å². The monoisotopic (exact) mass is 236 g/mol. The van der Waals surface area contributed by atoms with Gasteiger partial charge in [-0.1, -0.05) is 12.1 Å². The molecule has 1 atom stereocenters. The summed E-state index contributed by atoms with van der Waals surface area (Å²) >= 11 is 1.55. The van der Waals surface area contributed by atoms with E-state index >= 15 is 0 Å². The molecule has 0 aliphatic heterocycles. The number of rotatable bonds is 3. The van der Waals surface area contributed by atoms with Crippen molar-refractivity contribution in [1.82, 2.24) is 4.98 Å². The first-order valence-corrected chi connectivity index (χ1v) is 5.95. The molecular weight excluding hydrogens is 223 g/mol. The third-order valence-corrected chi connectivity index (χ3v) is 3.53. The van der Waals surface area contributed by atoms with Crippen molar-refractivity contribution in [3.63, 3.8) is 0 Å².